The molecule has 0 amide bonds. The minimum Gasteiger partial charge on any atom is -0.370 e. The van der Waals surface area contributed by atoms with Gasteiger partial charge < -0.3 is 10.2 Å². The number of unbranched alkanes of at least 4 members (excludes halogenated alkanes) is 1. The van der Waals surface area contributed by atoms with E-state index in [2.05, 4.69) is 36.1 Å². The molecule has 7 heteroatoms. The molecule has 0 aromatic carbocycles. The molecule has 0 aliphatic rings. The van der Waals surface area contributed by atoms with Gasteiger partial charge in [-0.15, -0.1) is 0 Å². The van der Waals surface area contributed by atoms with Crippen molar-refractivity contribution >= 4 is 11.5 Å². The molecule has 21 heavy (non-hydrogen) atoms. The van der Waals surface area contributed by atoms with Crippen molar-refractivity contribution in [3.05, 3.63) is 27.9 Å². The highest BCUT2D eigenvalue weighted by molar-refractivity contribution is 5.50. The Morgan fingerprint density at radius 2 is 2.19 bits per heavy atom. The van der Waals surface area contributed by atoms with Crippen molar-refractivity contribution in [1.82, 2.24) is 9.88 Å². The molecule has 0 aliphatic carbocycles. The molecule has 114 valence electrons. The minimum absolute atomic E-state index is 0.162. The Kier molecular flexibility index (Phi) is 6.56. The number of aromatic nitrogens is 1. The Hall–Kier alpha value is -2.20. The Bertz CT molecular complexity index is 525. The van der Waals surface area contributed by atoms with Crippen molar-refractivity contribution in [2.45, 2.75) is 32.7 Å². The van der Waals surface area contributed by atoms with Crippen LogP contribution in [-0.2, 0) is 0 Å². The maximum Gasteiger partial charge on any atom is 0.305 e. The van der Waals surface area contributed by atoms with Crippen LogP contribution >= 0.6 is 0 Å². The second-order valence-electron chi connectivity index (χ2n) is 5.14. The molecule has 1 rings (SSSR count). The van der Waals surface area contributed by atoms with Crippen LogP contribution in [0, 0.1) is 21.4 Å². The van der Waals surface area contributed by atoms with Crippen molar-refractivity contribution in [2.24, 2.45) is 0 Å². The minimum atomic E-state index is -0.600. The molecule has 0 radical (unpaired) electrons. The zero-order chi connectivity index (χ0) is 15.8. The van der Waals surface area contributed by atoms with Crippen LogP contribution in [0.4, 0.5) is 11.5 Å². The van der Waals surface area contributed by atoms with E-state index < -0.39 is 4.92 Å². The summed E-state index contributed by atoms with van der Waals surface area (Å²) in [4.78, 5) is 16.3. The summed E-state index contributed by atoms with van der Waals surface area (Å²) in [6, 6.07) is 5.11. The van der Waals surface area contributed by atoms with Crippen LogP contribution in [0.5, 0.6) is 0 Å². The maximum atomic E-state index is 10.7. The van der Waals surface area contributed by atoms with E-state index in [1.54, 1.807) is 6.07 Å². The van der Waals surface area contributed by atoms with Crippen LogP contribution in [0.2, 0.25) is 0 Å². The molecule has 1 heterocycles. The van der Waals surface area contributed by atoms with Crippen molar-refractivity contribution in [2.75, 3.05) is 25.5 Å². The summed E-state index contributed by atoms with van der Waals surface area (Å²) in [5, 5.41) is 22.6. The van der Waals surface area contributed by atoms with E-state index in [0.29, 0.717) is 11.9 Å². The summed E-state index contributed by atoms with van der Waals surface area (Å²) in [6.07, 6.45) is 2.03. The lowest BCUT2D eigenvalue weighted by Gasteiger charge is -2.20. The second-order valence-corrected chi connectivity index (χ2v) is 5.14. The summed E-state index contributed by atoms with van der Waals surface area (Å²) in [7, 11) is 2.09. The smallest absolute Gasteiger partial charge is 0.305 e. The number of rotatable bonds is 8. The predicted octanol–water partition coefficient (Wildman–Crippen LogP) is 2.39. The Balaban J connectivity index is 2.43. The highest BCUT2D eigenvalue weighted by Crippen LogP contribution is 2.18. The van der Waals surface area contributed by atoms with Gasteiger partial charge in [-0.3, -0.25) is 10.1 Å². The van der Waals surface area contributed by atoms with Crippen LogP contribution in [0.15, 0.2) is 12.1 Å². The molecule has 0 bridgehead atoms. The van der Waals surface area contributed by atoms with E-state index >= 15 is 0 Å². The lowest BCUT2D eigenvalue weighted by molar-refractivity contribution is -0.385. The zero-order valence-corrected chi connectivity index (χ0v) is 12.7. The Morgan fingerprint density at radius 3 is 2.76 bits per heavy atom. The number of nitriles is 1. The highest BCUT2D eigenvalue weighted by atomic mass is 16.6. The molecule has 0 atom stereocenters. The third kappa shape index (κ3) is 5.36. The topological polar surface area (TPSA) is 95.1 Å². The number of nitrogens with zero attached hydrogens (tertiary/aromatic N) is 4. The Labute approximate surface area is 124 Å². The van der Waals surface area contributed by atoms with Crippen LogP contribution < -0.4 is 5.32 Å². The molecule has 0 saturated heterocycles. The molecule has 1 aromatic rings. The van der Waals surface area contributed by atoms with Crippen LogP contribution in [0.3, 0.4) is 0 Å². The summed E-state index contributed by atoms with van der Waals surface area (Å²) in [5.74, 6) is 0.495. The van der Waals surface area contributed by atoms with E-state index in [-0.39, 0.29) is 11.4 Å². The summed E-state index contributed by atoms with van der Waals surface area (Å²) < 4.78 is 0. The normalized spacial score (nSPS) is 10.7. The largest absolute Gasteiger partial charge is 0.370 e. The lowest BCUT2D eigenvalue weighted by Crippen LogP contribution is -2.27. The predicted molar refractivity (Wildman–Crippen MR) is 81.1 cm³/mol. The van der Waals surface area contributed by atoms with Crippen molar-refractivity contribution < 1.29 is 4.92 Å². The van der Waals surface area contributed by atoms with Crippen LogP contribution in [0.1, 0.15) is 32.4 Å². The molecule has 0 fully saturated rings. The molecule has 1 N–H and O–H groups in total. The van der Waals surface area contributed by atoms with E-state index in [1.807, 2.05) is 0 Å². The number of nitrogens with one attached hydrogen (secondary N) is 1. The monoisotopic (exact) mass is 291 g/mol. The van der Waals surface area contributed by atoms with Gasteiger partial charge in [0, 0.05) is 18.7 Å². The van der Waals surface area contributed by atoms with E-state index in [4.69, 9.17) is 5.26 Å². The van der Waals surface area contributed by atoms with Gasteiger partial charge >= 0.3 is 5.69 Å². The lowest BCUT2D eigenvalue weighted by atomic mass is 10.2. The molecule has 0 aliphatic heterocycles. The van der Waals surface area contributed by atoms with Gasteiger partial charge in [0.2, 0.25) is 5.69 Å². The van der Waals surface area contributed by atoms with E-state index in [1.165, 1.54) is 12.1 Å². The quantitative estimate of drug-likeness (QED) is 0.449. The molecular weight excluding hydrogens is 270 g/mol. The first-order chi connectivity index (χ1) is 9.95. The standard InChI is InChI=1S/C14H21N5O2/c1-11(2)18(3)9-5-4-8-16-14-7-6-13(19(20)21)12(10-15)17-14/h6-7,11H,4-5,8-9H2,1-3H3,(H,16,17). The maximum absolute atomic E-state index is 10.7. The third-order valence-corrected chi connectivity index (χ3v) is 3.30. The fourth-order valence-corrected chi connectivity index (χ4v) is 1.74. The van der Waals surface area contributed by atoms with Gasteiger partial charge in [0.05, 0.1) is 4.92 Å². The number of hydrogen-bond acceptors (Lipinski definition) is 6. The van der Waals surface area contributed by atoms with Crippen molar-refractivity contribution in [3.63, 3.8) is 0 Å². The molecule has 0 spiro atoms. The van der Waals surface area contributed by atoms with Gasteiger partial charge in [-0.05, 0) is 46.3 Å². The fourth-order valence-electron chi connectivity index (χ4n) is 1.74. The first-order valence-corrected chi connectivity index (χ1v) is 6.95. The summed E-state index contributed by atoms with van der Waals surface area (Å²) in [6.45, 7) is 6.06. The number of nitro groups is 1. The van der Waals surface area contributed by atoms with Crippen molar-refractivity contribution in [3.8, 4) is 6.07 Å². The highest BCUT2D eigenvalue weighted by Gasteiger charge is 2.15. The molecule has 1 aromatic heterocycles. The molecular formula is C14H21N5O2. The first kappa shape index (κ1) is 16.9. The van der Waals surface area contributed by atoms with Crippen LogP contribution in [0.25, 0.3) is 0 Å². The van der Waals surface area contributed by atoms with Gasteiger partial charge in [0.1, 0.15) is 11.9 Å². The summed E-state index contributed by atoms with van der Waals surface area (Å²) in [5.41, 5.74) is -0.425. The first-order valence-electron chi connectivity index (χ1n) is 6.95. The molecule has 0 saturated carbocycles. The Morgan fingerprint density at radius 1 is 1.48 bits per heavy atom. The average molecular weight is 291 g/mol. The third-order valence-electron chi connectivity index (χ3n) is 3.30. The fraction of sp³-hybridized carbons (Fsp3) is 0.571. The average Bonchev–Trinajstić information content (AvgIpc) is 2.45. The van der Waals surface area contributed by atoms with E-state index in [0.717, 1.165) is 25.9 Å². The molecule has 0 unspecified atom stereocenters. The number of anilines is 1. The van der Waals surface area contributed by atoms with Gasteiger partial charge in [-0.25, -0.2) is 4.98 Å². The van der Waals surface area contributed by atoms with Gasteiger partial charge in [-0.1, -0.05) is 0 Å². The van der Waals surface area contributed by atoms with Gasteiger partial charge in [0.15, 0.2) is 0 Å². The molecule has 7 nitrogen and oxygen atoms in total. The van der Waals surface area contributed by atoms with Crippen LogP contribution in [-0.4, -0.2) is 41.0 Å². The number of pyridine rings is 1. The zero-order valence-electron chi connectivity index (χ0n) is 12.7. The van der Waals surface area contributed by atoms with Gasteiger partial charge in [0.25, 0.3) is 0 Å². The number of hydrogen-bond donors (Lipinski definition) is 1. The second kappa shape index (κ2) is 8.17. The van der Waals surface area contributed by atoms with Crippen molar-refractivity contribution in [1.29, 1.82) is 5.26 Å². The van der Waals surface area contributed by atoms with E-state index in [9.17, 15) is 10.1 Å². The SMILES string of the molecule is CC(C)N(C)CCCCNc1ccc([N+](=O)[O-])c(C#N)n1. The summed E-state index contributed by atoms with van der Waals surface area (Å²) >= 11 is 0. The van der Waals surface area contributed by atoms with Gasteiger partial charge in [-0.2, -0.15) is 5.26 Å².